The zero-order valence-electron chi connectivity index (χ0n) is 15.6. The maximum atomic E-state index is 12.2. The third-order valence-electron chi connectivity index (χ3n) is 4.95. The molecule has 140 valence electrons. The molecular weight excluding hydrogens is 348 g/mol. The number of rotatable bonds is 3. The molecule has 0 bridgehead atoms. The first-order chi connectivity index (χ1) is 12.3. The van der Waals surface area contributed by atoms with Gasteiger partial charge in [0, 0.05) is 38.3 Å². The maximum Gasteiger partial charge on any atom is 0.193 e. The third-order valence-corrected chi connectivity index (χ3v) is 7.48. The number of sulfone groups is 1. The molecule has 3 rings (SSSR count). The number of fused-ring (bicyclic) bond motifs is 1. The smallest absolute Gasteiger partial charge is 0.193 e. The van der Waals surface area contributed by atoms with E-state index in [1.54, 1.807) is 20.9 Å². The summed E-state index contributed by atoms with van der Waals surface area (Å²) >= 11 is 0. The molecule has 1 aliphatic rings. The Kier molecular flexibility index (Phi) is 5.18. The Balaban J connectivity index is 1.65. The van der Waals surface area contributed by atoms with E-state index in [1.165, 1.54) is 5.56 Å². The first-order valence-corrected chi connectivity index (χ1v) is 10.5. The van der Waals surface area contributed by atoms with E-state index in [9.17, 15) is 8.42 Å². The van der Waals surface area contributed by atoms with E-state index in [1.807, 2.05) is 23.2 Å². The molecule has 1 aromatic carbocycles. The first kappa shape index (κ1) is 18.6. The van der Waals surface area contributed by atoms with Gasteiger partial charge in [-0.1, -0.05) is 24.3 Å². The molecule has 0 radical (unpaired) electrons. The van der Waals surface area contributed by atoms with E-state index in [0.717, 1.165) is 23.3 Å². The number of pyridine rings is 1. The minimum Gasteiger partial charge on any atom is -0.356 e. The molecule has 1 aromatic heterocycles. The van der Waals surface area contributed by atoms with E-state index < -0.39 is 14.6 Å². The standard InChI is InChI=1S/C19H26N4O2S/c1-19(2)14-23(12-13-26(19,24)25)18(20-3)22-11-9-16-7-4-6-15-8-5-10-21-17(15)16/h4-8,10H,9,11-14H2,1-3H3,(H,20,22). The Bertz CT molecular complexity index is 917. The van der Waals surface area contributed by atoms with Gasteiger partial charge < -0.3 is 10.2 Å². The molecule has 0 unspecified atom stereocenters. The molecule has 1 aliphatic heterocycles. The first-order valence-electron chi connectivity index (χ1n) is 8.84. The average molecular weight is 375 g/mol. The van der Waals surface area contributed by atoms with Crippen LogP contribution < -0.4 is 5.32 Å². The molecule has 0 spiro atoms. The van der Waals surface area contributed by atoms with Crippen LogP contribution in [0.2, 0.25) is 0 Å². The Labute approximate surface area is 155 Å². The van der Waals surface area contributed by atoms with E-state index in [0.29, 0.717) is 19.6 Å². The number of aromatic nitrogens is 1. The van der Waals surface area contributed by atoms with E-state index in [2.05, 4.69) is 33.5 Å². The second-order valence-corrected chi connectivity index (χ2v) is 9.96. The zero-order chi connectivity index (χ0) is 18.8. The second-order valence-electron chi connectivity index (χ2n) is 7.22. The van der Waals surface area contributed by atoms with Gasteiger partial charge in [-0.3, -0.25) is 9.98 Å². The van der Waals surface area contributed by atoms with Crippen LogP contribution in [0, 0.1) is 0 Å². The van der Waals surface area contributed by atoms with Crippen LogP contribution in [0.4, 0.5) is 0 Å². The Morgan fingerprint density at radius 1 is 1.31 bits per heavy atom. The lowest BCUT2D eigenvalue weighted by Gasteiger charge is -2.39. The van der Waals surface area contributed by atoms with Gasteiger partial charge in [-0.05, 0) is 31.9 Å². The Morgan fingerprint density at radius 2 is 2.08 bits per heavy atom. The van der Waals surface area contributed by atoms with Crippen molar-refractivity contribution in [3.05, 3.63) is 42.1 Å². The van der Waals surface area contributed by atoms with E-state index in [-0.39, 0.29) is 5.75 Å². The van der Waals surface area contributed by atoms with Crippen LogP contribution >= 0.6 is 0 Å². The molecule has 7 heteroatoms. The quantitative estimate of drug-likeness (QED) is 0.656. The summed E-state index contributed by atoms with van der Waals surface area (Å²) in [6.45, 7) is 5.20. The molecule has 2 aromatic rings. The largest absolute Gasteiger partial charge is 0.356 e. The minimum absolute atomic E-state index is 0.161. The highest BCUT2D eigenvalue weighted by Gasteiger charge is 2.40. The number of nitrogens with one attached hydrogen (secondary N) is 1. The predicted octanol–water partition coefficient (Wildman–Crippen LogP) is 1.86. The fraction of sp³-hybridized carbons (Fsp3) is 0.474. The molecule has 1 N–H and O–H groups in total. The van der Waals surface area contributed by atoms with Crippen LogP contribution in [-0.2, 0) is 16.3 Å². The van der Waals surface area contributed by atoms with Crippen molar-refractivity contribution in [3.63, 3.8) is 0 Å². The van der Waals surface area contributed by atoms with Crippen LogP contribution in [0.1, 0.15) is 19.4 Å². The minimum atomic E-state index is -3.06. The predicted molar refractivity (Wildman–Crippen MR) is 106 cm³/mol. The van der Waals surface area contributed by atoms with Gasteiger partial charge in [0.1, 0.15) is 0 Å². The number of aliphatic imine (C=N–C) groups is 1. The van der Waals surface area contributed by atoms with Gasteiger partial charge in [0.15, 0.2) is 15.8 Å². The van der Waals surface area contributed by atoms with Crippen molar-refractivity contribution >= 4 is 26.7 Å². The van der Waals surface area contributed by atoms with Gasteiger partial charge in [0.25, 0.3) is 0 Å². The summed E-state index contributed by atoms with van der Waals surface area (Å²) in [5.41, 5.74) is 2.21. The second kappa shape index (κ2) is 7.23. The number of hydrogen-bond donors (Lipinski definition) is 1. The topological polar surface area (TPSA) is 74.7 Å². The third kappa shape index (κ3) is 3.67. The van der Waals surface area contributed by atoms with Crippen LogP contribution in [0.15, 0.2) is 41.5 Å². The summed E-state index contributed by atoms with van der Waals surface area (Å²) in [5.74, 6) is 0.912. The lowest BCUT2D eigenvalue weighted by Crippen LogP contribution is -2.57. The lowest BCUT2D eigenvalue weighted by atomic mass is 10.1. The summed E-state index contributed by atoms with van der Waals surface area (Å²) < 4.78 is 23.6. The summed E-state index contributed by atoms with van der Waals surface area (Å²) in [6.07, 6.45) is 2.64. The van der Waals surface area contributed by atoms with Gasteiger partial charge in [-0.15, -0.1) is 0 Å². The molecule has 0 aliphatic carbocycles. The fourth-order valence-corrected chi connectivity index (χ4v) is 4.70. The van der Waals surface area contributed by atoms with Crippen molar-refractivity contribution in [2.45, 2.75) is 25.0 Å². The molecule has 0 saturated carbocycles. The number of para-hydroxylation sites is 1. The molecular formula is C19H26N4O2S. The summed E-state index contributed by atoms with van der Waals surface area (Å²) in [7, 11) is -1.32. The summed E-state index contributed by atoms with van der Waals surface area (Å²) in [6, 6.07) is 10.2. The summed E-state index contributed by atoms with van der Waals surface area (Å²) in [5, 5.41) is 4.51. The zero-order valence-corrected chi connectivity index (χ0v) is 16.4. The average Bonchev–Trinajstić information content (AvgIpc) is 2.61. The van der Waals surface area contributed by atoms with Crippen LogP contribution in [-0.4, -0.2) is 61.4 Å². The Hall–Kier alpha value is -2.15. The number of benzene rings is 1. The van der Waals surface area contributed by atoms with Gasteiger partial charge in [-0.25, -0.2) is 8.42 Å². The molecule has 0 atom stereocenters. The van der Waals surface area contributed by atoms with E-state index in [4.69, 9.17) is 0 Å². The molecule has 1 fully saturated rings. The maximum absolute atomic E-state index is 12.2. The molecule has 6 nitrogen and oxygen atoms in total. The van der Waals surface area contributed by atoms with Crippen molar-refractivity contribution in [2.75, 3.05) is 32.4 Å². The van der Waals surface area contributed by atoms with Crippen molar-refractivity contribution in [1.82, 2.24) is 15.2 Å². The van der Waals surface area contributed by atoms with Crippen molar-refractivity contribution in [1.29, 1.82) is 0 Å². The summed E-state index contributed by atoms with van der Waals surface area (Å²) in [4.78, 5) is 10.9. The highest BCUT2D eigenvalue weighted by Crippen LogP contribution is 2.23. The van der Waals surface area contributed by atoms with Gasteiger partial charge >= 0.3 is 0 Å². The van der Waals surface area contributed by atoms with Crippen LogP contribution in [0.3, 0.4) is 0 Å². The monoisotopic (exact) mass is 374 g/mol. The Morgan fingerprint density at radius 3 is 2.81 bits per heavy atom. The highest BCUT2D eigenvalue weighted by molar-refractivity contribution is 7.92. The van der Waals surface area contributed by atoms with Crippen LogP contribution in [0.5, 0.6) is 0 Å². The van der Waals surface area contributed by atoms with Gasteiger partial charge in [0.05, 0.1) is 16.0 Å². The molecule has 1 saturated heterocycles. The SMILES string of the molecule is CN=C(NCCc1cccc2cccnc12)N1CCS(=O)(=O)C(C)(C)C1. The van der Waals surface area contributed by atoms with Crippen molar-refractivity contribution in [3.8, 4) is 0 Å². The number of nitrogens with zero attached hydrogens (tertiary/aromatic N) is 3. The molecule has 0 amide bonds. The molecule has 2 heterocycles. The van der Waals surface area contributed by atoms with Gasteiger partial charge in [-0.2, -0.15) is 0 Å². The van der Waals surface area contributed by atoms with Crippen molar-refractivity contribution in [2.24, 2.45) is 4.99 Å². The van der Waals surface area contributed by atoms with E-state index >= 15 is 0 Å². The highest BCUT2D eigenvalue weighted by atomic mass is 32.2. The normalized spacial score (nSPS) is 19.5. The lowest BCUT2D eigenvalue weighted by molar-refractivity contribution is 0.353. The molecule has 26 heavy (non-hydrogen) atoms. The number of guanidine groups is 1. The van der Waals surface area contributed by atoms with Crippen molar-refractivity contribution < 1.29 is 8.42 Å². The fourth-order valence-electron chi connectivity index (χ4n) is 3.33. The number of hydrogen-bond acceptors (Lipinski definition) is 4. The van der Waals surface area contributed by atoms with Crippen LogP contribution in [0.25, 0.3) is 10.9 Å². The van der Waals surface area contributed by atoms with Gasteiger partial charge in [0.2, 0.25) is 0 Å².